The molecule has 0 aliphatic heterocycles. The van der Waals surface area contributed by atoms with Crippen LogP contribution in [0.2, 0.25) is 0 Å². The summed E-state index contributed by atoms with van der Waals surface area (Å²) >= 11 is 1.80. The molecule has 0 spiro atoms. The summed E-state index contributed by atoms with van der Waals surface area (Å²) in [4.78, 5) is 0. The summed E-state index contributed by atoms with van der Waals surface area (Å²) in [6, 6.07) is 0. The van der Waals surface area contributed by atoms with Gasteiger partial charge in [-0.3, -0.25) is 0 Å². The molecule has 0 saturated heterocycles. The monoisotopic (exact) mass is 162 g/mol. The van der Waals surface area contributed by atoms with Gasteiger partial charge < -0.3 is 5.11 Å². The summed E-state index contributed by atoms with van der Waals surface area (Å²) in [5.74, 6) is 1.49. The molecule has 0 bridgehead atoms. The molecule has 10 heavy (non-hydrogen) atoms. The number of aliphatic hydroxyl groups excluding tert-OH is 1. The maximum Gasteiger partial charge on any atom is 0.0472 e. The van der Waals surface area contributed by atoms with Crippen molar-refractivity contribution in [2.75, 3.05) is 18.6 Å². The molecular formula is C8H18OS. The number of rotatable bonds is 3. The Hall–Kier alpha value is 0.310. The molecule has 0 saturated carbocycles. The minimum atomic E-state index is 0.248. The molecular weight excluding hydrogens is 144 g/mol. The Balaban J connectivity index is 3.81. The Labute approximate surface area is 68.2 Å². The van der Waals surface area contributed by atoms with E-state index in [0.717, 1.165) is 5.75 Å². The van der Waals surface area contributed by atoms with E-state index in [-0.39, 0.29) is 5.41 Å². The largest absolute Gasteiger partial charge is 0.396 e. The average molecular weight is 162 g/mol. The highest BCUT2D eigenvalue weighted by molar-refractivity contribution is 7.98. The molecule has 1 unspecified atom stereocenters. The fraction of sp³-hybridized carbons (Fsp3) is 1.00. The summed E-state index contributed by atoms with van der Waals surface area (Å²) in [5, 5.41) is 8.98. The maximum atomic E-state index is 8.98. The molecule has 0 aromatic carbocycles. The van der Waals surface area contributed by atoms with Crippen LogP contribution in [0.25, 0.3) is 0 Å². The van der Waals surface area contributed by atoms with Gasteiger partial charge in [-0.2, -0.15) is 11.8 Å². The molecule has 1 nitrogen and oxygen atoms in total. The molecule has 62 valence electrons. The van der Waals surface area contributed by atoms with Crippen LogP contribution >= 0.6 is 11.8 Å². The zero-order valence-corrected chi connectivity index (χ0v) is 8.16. The third-order valence-corrected chi connectivity index (χ3v) is 2.55. The first-order chi connectivity index (χ1) is 4.52. The lowest BCUT2D eigenvalue weighted by Crippen LogP contribution is -2.25. The van der Waals surface area contributed by atoms with Gasteiger partial charge in [-0.25, -0.2) is 0 Å². The molecule has 0 rings (SSSR count). The Bertz CT molecular complexity index is 85.7. The first-order valence-electron chi connectivity index (χ1n) is 3.62. The predicted octanol–water partition coefficient (Wildman–Crippen LogP) is 2.00. The van der Waals surface area contributed by atoms with Crippen LogP contribution in [-0.4, -0.2) is 23.7 Å². The van der Waals surface area contributed by atoms with Gasteiger partial charge in [-0.1, -0.05) is 20.8 Å². The molecule has 1 atom stereocenters. The number of hydrogen-bond donors (Lipinski definition) is 1. The molecule has 0 aliphatic carbocycles. The first-order valence-corrected chi connectivity index (χ1v) is 5.01. The van der Waals surface area contributed by atoms with Crippen molar-refractivity contribution < 1.29 is 5.11 Å². The highest BCUT2D eigenvalue weighted by atomic mass is 32.2. The predicted molar refractivity (Wildman–Crippen MR) is 48.4 cm³/mol. The lowest BCUT2D eigenvalue weighted by molar-refractivity contribution is 0.149. The zero-order chi connectivity index (χ0) is 8.20. The van der Waals surface area contributed by atoms with E-state index < -0.39 is 0 Å². The summed E-state index contributed by atoms with van der Waals surface area (Å²) in [5.41, 5.74) is 0.248. The van der Waals surface area contributed by atoms with Crippen LogP contribution in [0.1, 0.15) is 20.8 Å². The van der Waals surface area contributed by atoms with E-state index in [4.69, 9.17) is 5.11 Å². The van der Waals surface area contributed by atoms with E-state index in [2.05, 4.69) is 27.0 Å². The molecule has 1 N–H and O–H groups in total. The van der Waals surface area contributed by atoms with Crippen molar-refractivity contribution in [2.45, 2.75) is 20.8 Å². The summed E-state index contributed by atoms with van der Waals surface area (Å²) in [7, 11) is 0. The van der Waals surface area contributed by atoms with Gasteiger partial charge in [0.15, 0.2) is 0 Å². The first kappa shape index (κ1) is 10.3. The lowest BCUT2D eigenvalue weighted by Gasteiger charge is -2.28. The fourth-order valence-electron chi connectivity index (χ4n) is 0.778. The van der Waals surface area contributed by atoms with E-state index in [1.165, 1.54) is 0 Å². The Morgan fingerprint density at radius 1 is 1.40 bits per heavy atom. The van der Waals surface area contributed by atoms with Crippen LogP contribution in [0.15, 0.2) is 0 Å². The summed E-state index contributed by atoms with van der Waals surface area (Å²) in [6.45, 7) is 6.82. The summed E-state index contributed by atoms with van der Waals surface area (Å²) in [6.07, 6.45) is 2.08. The van der Waals surface area contributed by atoms with Gasteiger partial charge >= 0.3 is 0 Å². The van der Waals surface area contributed by atoms with E-state index in [0.29, 0.717) is 12.5 Å². The van der Waals surface area contributed by atoms with Gasteiger partial charge in [0.25, 0.3) is 0 Å². The molecule has 0 aromatic heterocycles. The van der Waals surface area contributed by atoms with Crippen LogP contribution in [0, 0.1) is 11.3 Å². The van der Waals surface area contributed by atoms with Crippen LogP contribution in [0.4, 0.5) is 0 Å². The number of aliphatic hydroxyl groups is 1. The van der Waals surface area contributed by atoms with Gasteiger partial charge in [0.2, 0.25) is 0 Å². The van der Waals surface area contributed by atoms with Gasteiger partial charge in [0.1, 0.15) is 0 Å². The molecule has 0 radical (unpaired) electrons. The second-order valence-electron chi connectivity index (χ2n) is 3.70. The lowest BCUT2D eigenvalue weighted by atomic mass is 9.83. The third kappa shape index (κ3) is 3.47. The van der Waals surface area contributed by atoms with Crippen molar-refractivity contribution in [3.63, 3.8) is 0 Å². The SMILES string of the molecule is CSCC(CO)C(C)(C)C. The standard InChI is InChI=1S/C8H18OS/c1-8(2,3)7(5-9)6-10-4/h7,9H,5-6H2,1-4H3. The Kier molecular flexibility index (Phi) is 4.37. The fourth-order valence-corrected chi connectivity index (χ4v) is 1.79. The average Bonchev–Trinajstić information content (AvgIpc) is 1.80. The van der Waals surface area contributed by atoms with Crippen LogP contribution in [0.3, 0.4) is 0 Å². The molecule has 0 aliphatic rings. The second-order valence-corrected chi connectivity index (χ2v) is 4.61. The van der Waals surface area contributed by atoms with E-state index >= 15 is 0 Å². The molecule has 2 heteroatoms. The number of hydrogen-bond acceptors (Lipinski definition) is 2. The summed E-state index contributed by atoms with van der Waals surface area (Å²) < 4.78 is 0. The van der Waals surface area contributed by atoms with E-state index in [9.17, 15) is 0 Å². The highest BCUT2D eigenvalue weighted by Crippen LogP contribution is 2.27. The minimum absolute atomic E-state index is 0.248. The molecule has 0 aromatic rings. The van der Waals surface area contributed by atoms with Crippen molar-refractivity contribution in [1.29, 1.82) is 0 Å². The normalized spacial score (nSPS) is 15.3. The van der Waals surface area contributed by atoms with Gasteiger partial charge in [-0.15, -0.1) is 0 Å². The van der Waals surface area contributed by atoms with Crippen molar-refractivity contribution >= 4 is 11.8 Å². The topological polar surface area (TPSA) is 20.2 Å². The Morgan fingerprint density at radius 2 is 1.90 bits per heavy atom. The van der Waals surface area contributed by atoms with Gasteiger partial charge in [0, 0.05) is 6.61 Å². The second kappa shape index (κ2) is 4.24. The smallest absolute Gasteiger partial charge is 0.0472 e. The van der Waals surface area contributed by atoms with Gasteiger partial charge in [-0.05, 0) is 23.3 Å². The highest BCUT2D eigenvalue weighted by Gasteiger charge is 2.22. The molecule has 0 fully saturated rings. The maximum absolute atomic E-state index is 8.98. The zero-order valence-electron chi connectivity index (χ0n) is 7.35. The van der Waals surface area contributed by atoms with Crippen molar-refractivity contribution in [3.05, 3.63) is 0 Å². The number of thioether (sulfide) groups is 1. The van der Waals surface area contributed by atoms with Crippen LogP contribution < -0.4 is 0 Å². The van der Waals surface area contributed by atoms with Crippen LogP contribution in [0.5, 0.6) is 0 Å². The molecule has 0 heterocycles. The minimum Gasteiger partial charge on any atom is -0.396 e. The van der Waals surface area contributed by atoms with E-state index in [1.807, 2.05) is 0 Å². The quantitative estimate of drug-likeness (QED) is 0.685. The van der Waals surface area contributed by atoms with Crippen LogP contribution in [-0.2, 0) is 0 Å². The Morgan fingerprint density at radius 3 is 2.00 bits per heavy atom. The van der Waals surface area contributed by atoms with Gasteiger partial charge in [0.05, 0.1) is 0 Å². The van der Waals surface area contributed by atoms with Crippen molar-refractivity contribution in [1.82, 2.24) is 0 Å². The molecule has 0 amide bonds. The van der Waals surface area contributed by atoms with Crippen molar-refractivity contribution in [2.24, 2.45) is 11.3 Å². The van der Waals surface area contributed by atoms with Crippen molar-refractivity contribution in [3.8, 4) is 0 Å². The van der Waals surface area contributed by atoms with E-state index in [1.54, 1.807) is 11.8 Å². The third-order valence-electron chi connectivity index (χ3n) is 1.81.